The van der Waals surface area contributed by atoms with Crippen LogP contribution in [0.25, 0.3) is 10.8 Å². The van der Waals surface area contributed by atoms with Gasteiger partial charge in [-0.3, -0.25) is 0 Å². The van der Waals surface area contributed by atoms with Gasteiger partial charge in [-0.1, -0.05) is 121 Å². The standard InChI is InChI=1S/C34H46O4/c1-4-6-8-10-12-18-24-36-32-26-30(34(35)38-31-23-17-14-20-27(31)3)33(29-22-16-15-21-28(29)32)37-25-19-13-11-9-7-5-2/h14-17,20-23,26H,4-13,18-19,24-25H2,1-3H3. The van der Waals surface area contributed by atoms with Gasteiger partial charge in [0.1, 0.15) is 22.8 Å². The summed E-state index contributed by atoms with van der Waals surface area (Å²) in [6.45, 7) is 7.59. The lowest BCUT2D eigenvalue weighted by molar-refractivity contribution is 0.0728. The highest BCUT2D eigenvalue weighted by Gasteiger charge is 2.22. The fraction of sp³-hybridized carbons (Fsp3) is 0.500. The van der Waals surface area contributed by atoms with E-state index in [4.69, 9.17) is 14.2 Å². The van der Waals surface area contributed by atoms with Gasteiger partial charge in [-0.25, -0.2) is 4.79 Å². The maximum Gasteiger partial charge on any atom is 0.347 e. The van der Waals surface area contributed by atoms with Crippen LogP contribution >= 0.6 is 0 Å². The SMILES string of the molecule is CCCCCCCCOc1cc(C(=O)Oc2ccccc2C)c(OCCCCCCCC)c2ccccc12. The molecular weight excluding hydrogens is 472 g/mol. The Kier molecular flexibility index (Phi) is 13.0. The number of rotatable bonds is 18. The molecule has 0 radical (unpaired) electrons. The molecule has 0 amide bonds. The topological polar surface area (TPSA) is 44.8 Å². The summed E-state index contributed by atoms with van der Waals surface area (Å²) in [6, 6.07) is 17.4. The van der Waals surface area contributed by atoms with E-state index in [2.05, 4.69) is 13.8 Å². The summed E-state index contributed by atoms with van der Waals surface area (Å²) in [5.74, 6) is 1.42. The van der Waals surface area contributed by atoms with E-state index < -0.39 is 5.97 Å². The number of ether oxygens (including phenoxy) is 3. The number of unbranched alkanes of at least 4 members (excludes halogenated alkanes) is 10. The van der Waals surface area contributed by atoms with Crippen LogP contribution in [0.1, 0.15) is 107 Å². The zero-order valence-electron chi connectivity index (χ0n) is 23.7. The van der Waals surface area contributed by atoms with E-state index in [0.29, 0.717) is 36.0 Å². The van der Waals surface area contributed by atoms with Crippen molar-refractivity contribution in [1.82, 2.24) is 0 Å². The summed E-state index contributed by atoms with van der Waals surface area (Å²) in [5, 5.41) is 1.85. The Morgan fingerprint density at radius 1 is 0.632 bits per heavy atom. The molecule has 0 N–H and O–H groups in total. The van der Waals surface area contributed by atoms with Gasteiger partial charge in [0.2, 0.25) is 0 Å². The fourth-order valence-electron chi connectivity index (χ4n) is 4.69. The van der Waals surface area contributed by atoms with E-state index in [0.717, 1.165) is 42.0 Å². The molecular formula is C34H46O4. The van der Waals surface area contributed by atoms with Crippen molar-refractivity contribution in [2.45, 2.75) is 97.8 Å². The molecule has 206 valence electrons. The van der Waals surface area contributed by atoms with Crippen LogP contribution in [0.4, 0.5) is 0 Å². The number of carbonyl (C=O) groups excluding carboxylic acids is 1. The van der Waals surface area contributed by atoms with Crippen molar-refractivity contribution in [1.29, 1.82) is 0 Å². The lowest BCUT2D eigenvalue weighted by Gasteiger charge is -2.18. The predicted molar refractivity (Wildman–Crippen MR) is 158 cm³/mol. The van der Waals surface area contributed by atoms with Crippen molar-refractivity contribution < 1.29 is 19.0 Å². The molecule has 38 heavy (non-hydrogen) atoms. The molecule has 0 aliphatic carbocycles. The quantitative estimate of drug-likeness (QED) is 0.0955. The van der Waals surface area contributed by atoms with Gasteiger partial charge in [-0.05, 0) is 37.5 Å². The minimum atomic E-state index is -0.424. The number of hydrogen-bond donors (Lipinski definition) is 0. The molecule has 3 rings (SSSR count). The average Bonchev–Trinajstić information content (AvgIpc) is 2.93. The van der Waals surface area contributed by atoms with E-state index in [1.807, 2.05) is 61.5 Å². The lowest BCUT2D eigenvalue weighted by atomic mass is 10.0. The van der Waals surface area contributed by atoms with Crippen LogP contribution < -0.4 is 14.2 Å². The number of para-hydroxylation sites is 1. The van der Waals surface area contributed by atoms with Gasteiger partial charge in [0.05, 0.1) is 13.2 Å². The monoisotopic (exact) mass is 518 g/mol. The average molecular weight is 519 g/mol. The molecule has 4 heteroatoms. The summed E-state index contributed by atoms with van der Waals surface area (Å²) in [5.41, 5.74) is 1.33. The van der Waals surface area contributed by atoms with Crippen LogP contribution in [-0.4, -0.2) is 19.2 Å². The number of carbonyl (C=O) groups is 1. The minimum absolute atomic E-state index is 0.413. The van der Waals surface area contributed by atoms with Gasteiger partial charge in [-0.2, -0.15) is 0 Å². The van der Waals surface area contributed by atoms with Crippen molar-refractivity contribution in [2.24, 2.45) is 0 Å². The summed E-state index contributed by atoms with van der Waals surface area (Å²) in [4.78, 5) is 13.5. The molecule has 0 aromatic heterocycles. The van der Waals surface area contributed by atoms with Crippen molar-refractivity contribution in [3.8, 4) is 17.2 Å². The Bertz CT molecular complexity index is 1120. The highest BCUT2D eigenvalue weighted by molar-refractivity contribution is 6.04. The minimum Gasteiger partial charge on any atom is -0.493 e. The van der Waals surface area contributed by atoms with Crippen LogP contribution in [0.15, 0.2) is 54.6 Å². The smallest absolute Gasteiger partial charge is 0.347 e. The lowest BCUT2D eigenvalue weighted by Crippen LogP contribution is -2.13. The van der Waals surface area contributed by atoms with Gasteiger partial charge in [0.15, 0.2) is 0 Å². The molecule has 0 atom stereocenters. The molecule has 0 saturated heterocycles. The van der Waals surface area contributed by atoms with Crippen molar-refractivity contribution in [3.05, 3.63) is 65.7 Å². The van der Waals surface area contributed by atoms with E-state index in [-0.39, 0.29) is 0 Å². The van der Waals surface area contributed by atoms with E-state index >= 15 is 0 Å². The molecule has 0 spiro atoms. The maximum atomic E-state index is 13.5. The Morgan fingerprint density at radius 3 is 1.84 bits per heavy atom. The third kappa shape index (κ3) is 9.08. The Labute approximate surface area is 229 Å². The summed E-state index contributed by atoms with van der Waals surface area (Å²) >= 11 is 0. The molecule has 0 fully saturated rings. The maximum absolute atomic E-state index is 13.5. The number of esters is 1. The Morgan fingerprint density at radius 2 is 1.18 bits per heavy atom. The molecule has 3 aromatic carbocycles. The molecule has 0 aliphatic heterocycles. The summed E-state index contributed by atoms with van der Waals surface area (Å²) < 4.78 is 18.4. The second kappa shape index (κ2) is 16.8. The first kappa shape index (κ1) is 29.5. The van der Waals surface area contributed by atoms with Crippen molar-refractivity contribution in [2.75, 3.05) is 13.2 Å². The third-order valence-electron chi connectivity index (χ3n) is 6.97. The summed E-state index contributed by atoms with van der Waals surface area (Å²) in [6.07, 6.45) is 14.3. The van der Waals surface area contributed by atoms with Crippen molar-refractivity contribution >= 4 is 16.7 Å². The molecule has 0 saturated carbocycles. The Hall–Kier alpha value is -3.01. The zero-order chi connectivity index (χ0) is 27.0. The van der Waals surface area contributed by atoms with Gasteiger partial charge in [0.25, 0.3) is 0 Å². The van der Waals surface area contributed by atoms with E-state index in [1.54, 1.807) is 0 Å². The molecule has 0 aliphatic rings. The predicted octanol–water partition coefficient (Wildman–Crippen LogP) is 9.85. The van der Waals surface area contributed by atoms with E-state index in [9.17, 15) is 4.79 Å². The summed E-state index contributed by atoms with van der Waals surface area (Å²) in [7, 11) is 0. The van der Waals surface area contributed by atoms with Gasteiger partial charge in [0, 0.05) is 10.8 Å². The molecule has 0 bridgehead atoms. The number of benzene rings is 3. The Balaban J connectivity index is 1.81. The first-order chi connectivity index (χ1) is 18.7. The van der Waals surface area contributed by atoms with Gasteiger partial charge < -0.3 is 14.2 Å². The van der Waals surface area contributed by atoms with Gasteiger partial charge in [-0.15, -0.1) is 0 Å². The number of fused-ring (bicyclic) bond motifs is 1. The van der Waals surface area contributed by atoms with Crippen LogP contribution in [0.2, 0.25) is 0 Å². The molecule has 4 nitrogen and oxygen atoms in total. The fourth-order valence-corrected chi connectivity index (χ4v) is 4.69. The van der Waals surface area contributed by atoms with Crippen LogP contribution in [0, 0.1) is 6.92 Å². The molecule has 0 unspecified atom stereocenters. The second-order valence-electron chi connectivity index (χ2n) is 10.2. The number of hydrogen-bond acceptors (Lipinski definition) is 4. The molecule has 3 aromatic rings. The zero-order valence-corrected chi connectivity index (χ0v) is 23.7. The normalized spacial score (nSPS) is 11.0. The largest absolute Gasteiger partial charge is 0.493 e. The first-order valence-corrected chi connectivity index (χ1v) is 14.7. The third-order valence-corrected chi connectivity index (χ3v) is 6.97. The second-order valence-corrected chi connectivity index (χ2v) is 10.2. The van der Waals surface area contributed by atoms with Crippen LogP contribution in [-0.2, 0) is 0 Å². The highest BCUT2D eigenvalue weighted by Crippen LogP contribution is 2.38. The number of aryl methyl sites for hydroxylation is 1. The first-order valence-electron chi connectivity index (χ1n) is 14.7. The van der Waals surface area contributed by atoms with E-state index in [1.165, 1.54) is 51.4 Å². The van der Waals surface area contributed by atoms with Crippen LogP contribution in [0.3, 0.4) is 0 Å². The molecule has 0 heterocycles. The van der Waals surface area contributed by atoms with Gasteiger partial charge >= 0.3 is 5.97 Å². The van der Waals surface area contributed by atoms with Crippen molar-refractivity contribution in [3.63, 3.8) is 0 Å². The van der Waals surface area contributed by atoms with Crippen LogP contribution in [0.5, 0.6) is 17.2 Å². The highest BCUT2D eigenvalue weighted by atomic mass is 16.5.